The molecule has 0 heterocycles. The smallest absolute Gasteiger partial charge is 0.0185 e. The fraction of sp³-hybridized carbons (Fsp3) is 0.900. The molecule has 1 atom stereocenters. The third-order valence-corrected chi connectivity index (χ3v) is 3.57. The lowest BCUT2D eigenvalue weighted by molar-refractivity contribution is 0.232. The molecule has 1 unspecified atom stereocenters. The summed E-state index contributed by atoms with van der Waals surface area (Å²) >= 11 is 0. The lowest BCUT2D eigenvalue weighted by Gasteiger charge is -2.37. The highest BCUT2D eigenvalue weighted by Crippen LogP contribution is 2.28. The topological polar surface area (TPSA) is 29.1 Å². The molecule has 0 aliphatic heterocycles. The van der Waals surface area contributed by atoms with E-state index in [1.54, 1.807) is 6.26 Å². The zero-order chi connectivity index (χ0) is 10.1. The highest BCUT2D eigenvalue weighted by atomic mass is 32.2. The predicted molar refractivity (Wildman–Crippen MR) is 60.8 cm³/mol. The minimum absolute atomic E-state index is 0.566. The van der Waals surface area contributed by atoms with Crippen LogP contribution < -0.4 is 5.32 Å². The van der Waals surface area contributed by atoms with E-state index in [0.29, 0.717) is 18.0 Å². The molecular weight excluding hydrogens is 182 g/mol. The van der Waals surface area contributed by atoms with Gasteiger partial charge in [0.2, 0.25) is 0 Å². The highest BCUT2D eigenvalue weighted by Gasteiger charge is 2.29. The van der Waals surface area contributed by atoms with Gasteiger partial charge in [-0.15, -0.1) is 0 Å². The molecular formula is C10H21NOS. The van der Waals surface area contributed by atoms with Crippen LogP contribution >= 0.6 is 0 Å². The Balaban J connectivity index is 2.19. The van der Waals surface area contributed by atoms with Gasteiger partial charge in [-0.05, 0) is 34.2 Å². The van der Waals surface area contributed by atoms with Crippen molar-refractivity contribution in [2.75, 3.05) is 12.0 Å². The maximum Gasteiger partial charge on any atom is 0.0185 e. The first-order chi connectivity index (χ1) is 5.87. The number of rotatable bonds is 4. The van der Waals surface area contributed by atoms with E-state index in [0.717, 1.165) is 5.75 Å². The van der Waals surface area contributed by atoms with E-state index in [1.165, 1.54) is 12.8 Å². The van der Waals surface area contributed by atoms with E-state index < -0.39 is 9.52 Å². The molecule has 0 aromatic rings. The standard InChI is InChI=1S/C10H21NOS/c1-8(2)11-10-5-9(6-10)7-13(3,4)12/h8-11H,3,5-7H2,1-2,4H3. The van der Waals surface area contributed by atoms with Gasteiger partial charge in [-0.1, -0.05) is 13.8 Å². The van der Waals surface area contributed by atoms with Gasteiger partial charge in [0, 0.05) is 24.1 Å². The lowest BCUT2D eigenvalue weighted by atomic mass is 9.81. The molecule has 13 heavy (non-hydrogen) atoms. The Kier molecular flexibility index (Phi) is 3.41. The van der Waals surface area contributed by atoms with Gasteiger partial charge >= 0.3 is 0 Å². The van der Waals surface area contributed by atoms with Crippen molar-refractivity contribution >= 4 is 15.4 Å². The van der Waals surface area contributed by atoms with Crippen LogP contribution in [0.5, 0.6) is 0 Å². The normalized spacial score (nSPS) is 32.6. The van der Waals surface area contributed by atoms with Crippen LogP contribution in [0.2, 0.25) is 0 Å². The summed E-state index contributed by atoms with van der Waals surface area (Å²) < 4.78 is 11.4. The van der Waals surface area contributed by atoms with E-state index in [1.807, 2.05) is 0 Å². The maximum atomic E-state index is 11.4. The van der Waals surface area contributed by atoms with Gasteiger partial charge in [0.1, 0.15) is 0 Å². The van der Waals surface area contributed by atoms with Gasteiger partial charge < -0.3 is 5.32 Å². The van der Waals surface area contributed by atoms with Crippen molar-refractivity contribution in [3.8, 4) is 0 Å². The summed E-state index contributed by atoms with van der Waals surface area (Å²) in [7, 11) is -1.76. The van der Waals surface area contributed by atoms with Gasteiger partial charge in [-0.3, -0.25) is 4.21 Å². The molecule has 1 aliphatic carbocycles. The fourth-order valence-corrected chi connectivity index (χ4v) is 3.25. The first-order valence-corrected chi connectivity index (χ1v) is 7.23. The van der Waals surface area contributed by atoms with Crippen LogP contribution in [-0.2, 0) is 9.52 Å². The monoisotopic (exact) mass is 203 g/mol. The Morgan fingerprint density at radius 1 is 1.54 bits per heavy atom. The summed E-state index contributed by atoms with van der Waals surface area (Å²) in [5.41, 5.74) is 0. The van der Waals surface area contributed by atoms with E-state index in [2.05, 4.69) is 25.0 Å². The van der Waals surface area contributed by atoms with Crippen LogP contribution in [0, 0.1) is 5.92 Å². The molecule has 0 spiro atoms. The molecule has 1 rings (SSSR count). The lowest BCUT2D eigenvalue weighted by Crippen LogP contribution is -2.46. The average molecular weight is 203 g/mol. The molecule has 1 aliphatic rings. The molecule has 2 nitrogen and oxygen atoms in total. The van der Waals surface area contributed by atoms with Crippen LogP contribution in [0.25, 0.3) is 0 Å². The van der Waals surface area contributed by atoms with Crippen molar-refractivity contribution in [2.45, 2.75) is 38.8 Å². The van der Waals surface area contributed by atoms with E-state index in [4.69, 9.17) is 0 Å². The first-order valence-electron chi connectivity index (χ1n) is 4.93. The summed E-state index contributed by atoms with van der Waals surface area (Å²) in [6.45, 7) is 4.33. The summed E-state index contributed by atoms with van der Waals surface area (Å²) in [5.74, 6) is 5.14. The molecule has 1 saturated carbocycles. The van der Waals surface area contributed by atoms with Crippen LogP contribution in [0.3, 0.4) is 0 Å². The van der Waals surface area contributed by atoms with Crippen molar-refractivity contribution in [3.05, 3.63) is 0 Å². The predicted octanol–water partition coefficient (Wildman–Crippen LogP) is 1.11. The molecule has 0 amide bonds. The minimum Gasteiger partial charge on any atom is -0.312 e. The molecule has 0 aromatic heterocycles. The molecule has 0 aromatic carbocycles. The van der Waals surface area contributed by atoms with E-state index in [-0.39, 0.29) is 0 Å². The SMILES string of the molecule is C=S(C)(=O)CC1CC(NC(C)C)C1. The van der Waals surface area contributed by atoms with Crippen molar-refractivity contribution in [1.29, 1.82) is 0 Å². The Morgan fingerprint density at radius 3 is 2.46 bits per heavy atom. The Morgan fingerprint density at radius 2 is 2.08 bits per heavy atom. The molecule has 0 bridgehead atoms. The van der Waals surface area contributed by atoms with Crippen molar-refractivity contribution in [2.24, 2.45) is 5.92 Å². The number of hydrogen-bond donors (Lipinski definition) is 1. The molecule has 1 N–H and O–H groups in total. The Bertz CT molecular complexity index is 250. The number of hydrogen-bond acceptors (Lipinski definition) is 2. The largest absolute Gasteiger partial charge is 0.312 e. The quantitative estimate of drug-likeness (QED) is 0.694. The molecule has 0 saturated heterocycles. The highest BCUT2D eigenvalue weighted by molar-refractivity contribution is 7.99. The van der Waals surface area contributed by atoms with E-state index in [9.17, 15) is 4.21 Å². The maximum absolute atomic E-state index is 11.4. The first kappa shape index (κ1) is 11.1. The molecule has 3 heteroatoms. The Hall–Kier alpha value is -0.0200. The number of nitrogens with one attached hydrogen (secondary N) is 1. The third-order valence-electron chi connectivity index (χ3n) is 2.39. The zero-order valence-corrected chi connectivity index (χ0v) is 9.69. The second kappa shape index (κ2) is 4.01. The third kappa shape index (κ3) is 4.14. The second-order valence-electron chi connectivity index (χ2n) is 4.71. The van der Waals surface area contributed by atoms with E-state index >= 15 is 0 Å². The Labute approximate surface area is 82.1 Å². The van der Waals surface area contributed by atoms with Crippen molar-refractivity contribution in [3.63, 3.8) is 0 Å². The van der Waals surface area contributed by atoms with Crippen molar-refractivity contribution < 1.29 is 4.21 Å². The summed E-state index contributed by atoms with van der Waals surface area (Å²) in [4.78, 5) is 0. The molecule has 0 radical (unpaired) electrons. The van der Waals surface area contributed by atoms with Crippen LogP contribution in [0.4, 0.5) is 0 Å². The van der Waals surface area contributed by atoms with Crippen LogP contribution in [0.15, 0.2) is 0 Å². The van der Waals surface area contributed by atoms with Gasteiger partial charge in [0.05, 0.1) is 0 Å². The van der Waals surface area contributed by atoms with Crippen LogP contribution in [-0.4, -0.2) is 34.2 Å². The second-order valence-corrected chi connectivity index (χ2v) is 7.41. The fourth-order valence-electron chi connectivity index (χ4n) is 1.98. The van der Waals surface area contributed by atoms with Gasteiger partial charge in [-0.25, -0.2) is 0 Å². The zero-order valence-electron chi connectivity index (χ0n) is 8.88. The van der Waals surface area contributed by atoms with Gasteiger partial charge in [-0.2, -0.15) is 0 Å². The molecule has 1 fully saturated rings. The summed E-state index contributed by atoms with van der Waals surface area (Å²) in [5, 5.41) is 3.48. The average Bonchev–Trinajstić information content (AvgIpc) is 1.78. The van der Waals surface area contributed by atoms with Crippen LogP contribution in [0.1, 0.15) is 26.7 Å². The minimum atomic E-state index is -1.76. The molecule has 78 valence electrons. The van der Waals surface area contributed by atoms with Gasteiger partial charge in [0.15, 0.2) is 0 Å². The van der Waals surface area contributed by atoms with Crippen molar-refractivity contribution in [1.82, 2.24) is 5.32 Å². The summed E-state index contributed by atoms with van der Waals surface area (Å²) in [6.07, 6.45) is 4.12. The van der Waals surface area contributed by atoms with Gasteiger partial charge in [0.25, 0.3) is 0 Å². The summed E-state index contributed by atoms with van der Waals surface area (Å²) in [6, 6.07) is 1.23.